The molecule has 26 heavy (non-hydrogen) atoms. The SMILES string of the molecule is Cn1cnc2ccc(Cn3cnc(-c4ccccc4Cl)c3C3CC3)cc21. The van der Waals surface area contributed by atoms with Gasteiger partial charge in [0.25, 0.3) is 0 Å². The third kappa shape index (κ3) is 2.61. The lowest BCUT2D eigenvalue weighted by atomic mass is 10.1. The van der Waals surface area contributed by atoms with Crippen molar-refractivity contribution in [3.8, 4) is 11.3 Å². The van der Waals surface area contributed by atoms with Gasteiger partial charge in [0.1, 0.15) is 0 Å². The van der Waals surface area contributed by atoms with Crippen LogP contribution in [0.2, 0.25) is 5.02 Å². The van der Waals surface area contributed by atoms with Crippen molar-refractivity contribution in [2.24, 2.45) is 7.05 Å². The van der Waals surface area contributed by atoms with Crippen molar-refractivity contribution in [3.63, 3.8) is 0 Å². The van der Waals surface area contributed by atoms with Gasteiger partial charge >= 0.3 is 0 Å². The van der Waals surface area contributed by atoms with E-state index in [4.69, 9.17) is 16.6 Å². The van der Waals surface area contributed by atoms with Crippen molar-refractivity contribution in [1.29, 1.82) is 0 Å². The predicted octanol–water partition coefficient (Wildman–Crippen LogP) is 5.02. The van der Waals surface area contributed by atoms with Crippen molar-refractivity contribution in [1.82, 2.24) is 19.1 Å². The minimum Gasteiger partial charge on any atom is -0.334 e. The van der Waals surface area contributed by atoms with Gasteiger partial charge in [0.15, 0.2) is 0 Å². The number of benzene rings is 2. The average molecular weight is 363 g/mol. The van der Waals surface area contributed by atoms with Crippen molar-refractivity contribution >= 4 is 22.6 Å². The number of hydrogen-bond acceptors (Lipinski definition) is 2. The lowest BCUT2D eigenvalue weighted by Crippen LogP contribution is -2.03. The van der Waals surface area contributed by atoms with E-state index >= 15 is 0 Å². The lowest BCUT2D eigenvalue weighted by molar-refractivity contribution is 0.743. The van der Waals surface area contributed by atoms with Gasteiger partial charge in [-0.1, -0.05) is 35.9 Å². The molecule has 1 aliphatic carbocycles. The summed E-state index contributed by atoms with van der Waals surface area (Å²) in [4.78, 5) is 9.14. The van der Waals surface area contributed by atoms with Crippen LogP contribution in [0.25, 0.3) is 22.3 Å². The molecule has 5 rings (SSSR count). The highest BCUT2D eigenvalue weighted by Gasteiger charge is 2.31. The molecule has 0 unspecified atom stereocenters. The summed E-state index contributed by atoms with van der Waals surface area (Å²) in [5.74, 6) is 0.587. The van der Waals surface area contributed by atoms with E-state index in [0.717, 1.165) is 33.9 Å². The molecule has 0 bridgehead atoms. The van der Waals surface area contributed by atoms with Crippen LogP contribution >= 0.6 is 11.6 Å². The highest BCUT2D eigenvalue weighted by Crippen LogP contribution is 2.45. The van der Waals surface area contributed by atoms with Gasteiger partial charge in [0.05, 0.1) is 34.4 Å². The zero-order valence-electron chi connectivity index (χ0n) is 14.6. The number of hydrogen-bond donors (Lipinski definition) is 0. The molecule has 1 aliphatic rings. The third-order valence-electron chi connectivity index (χ3n) is 5.11. The Morgan fingerprint density at radius 3 is 2.73 bits per heavy atom. The molecule has 130 valence electrons. The van der Waals surface area contributed by atoms with Crippen LogP contribution in [-0.2, 0) is 13.6 Å². The van der Waals surface area contributed by atoms with Gasteiger partial charge in [0.2, 0.25) is 0 Å². The zero-order valence-corrected chi connectivity index (χ0v) is 15.3. The quantitative estimate of drug-likeness (QED) is 0.511. The summed E-state index contributed by atoms with van der Waals surface area (Å²) in [6, 6.07) is 14.4. The Hall–Kier alpha value is -2.59. The van der Waals surface area contributed by atoms with Crippen LogP contribution in [0.15, 0.2) is 55.1 Å². The van der Waals surface area contributed by atoms with Gasteiger partial charge in [-0.15, -0.1) is 0 Å². The van der Waals surface area contributed by atoms with E-state index in [2.05, 4.69) is 38.4 Å². The Kier molecular flexibility index (Phi) is 3.61. The van der Waals surface area contributed by atoms with Crippen LogP contribution in [0.3, 0.4) is 0 Å². The first kappa shape index (κ1) is 15.6. The second-order valence-electron chi connectivity index (χ2n) is 7.04. The fraction of sp³-hybridized carbons (Fsp3) is 0.238. The van der Waals surface area contributed by atoms with Gasteiger partial charge in [-0.25, -0.2) is 9.97 Å². The number of halogens is 1. The summed E-state index contributed by atoms with van der Waals surface area (Å²) >= 11 is 6.44. The van der Waals surface area contributed by atoms with Gasteiger partial charge in [-0.2, -0.15) is 0 Å². The normalized spacial score (nSPS) is 14.2. The van der Waals surface area contributed by atoms with E-state index in [1.54, 1.807) is 0 Å². The molecule has 2 heterocycles. The Labute approximate surface area is 157 Å². The molecule has 4 nitrogen and oxygen atoms in total. The molecule has 4 aromatic rings. The largest absolute Gasteiger partial charge is 0.334 e. The summed E-state index contributed by atoms with van der Waals surface area (Å²) in [7, 11) is 2.03. The second-order valence-corrected chi connectivity index (χ2v) is 7.45. The molecule has 5 heteroatoms. The first-order valence-electron chi connectivity index (χ1n) is 8.90. The van der Waals surface area contributed by atoms with Gasteiger partial charge < -0.3 is 9.13 Å². The van der Waals surface area contributed by atoms with E-state index in [-0.39, 0.29) is 0 Å². The molecule has 0 atom stereocenters. The fourth-order valence-electron chi connectivity index (χ4n) is 3.63. The summed E-state index contributed by atoms with van der Waals surface area (Å²) in [6.07, 6.45) is 6.27. The zero-order chi connectivity index (χ0) is 17.7. The smallest absolute Gasteiger partial charge is 0.0959 e. The van der Waals surface area contributed by atoms with Crippen molar-refractivity contribution in [2.75, 3.05) is 0 Å². The second kappa shape index (κ2) is 5.99. The standard InChI is InChI=1S/C21H19ClN4/c1-25-12-23-18-9-6-14(10-19(18)25)11-26-13-24-20(21(26)15-7-8-15)16-4-2-3-5-17(16)22/h2-6,9-10,12-13,15H,7-8,11H2,1H3. The molecule has 0 spiro atoms. The maximum Gasteiger partial charge on any atom is 0.0959 e. The number of nitrogens with zero attached hydrogens (tertiary/aromatic N) is 4. The summed E-state index contributed by atoms with van der Waals surface area (Å²) < 4.78 is 4.34. The minimum absolute atomic E-state index is 0.587. The van der Waals surface area contributed by atoms with E-state index < -0.39 is 0 Å². The third-order valence-corrected chi connectivity index (χ3v) is 5.44. The van der Waals surface area contributed by atoms with E-state index in [9.17, 15) is 0 Å². The highest BCUT2D eigenvalue weighted by atomic mass is 35.5. The first-order chi connectivity index (χ1) is 12.7. The summed E-state index contributed by atoms with van der Waals surface area (Å²) in [5.41, 5.74) is 6.80. The molecule has 2 aromatic heterocycles. The lowest BCUT2D eigenvalue weighted by Gasteiger charge is -2.11. The molecule has 0 N–H and O–H groups in total. The van der Waals surface area contributed by atoms with Crippen LogP contribution in [0.4, 0.5) is 0 Å². The number of aryl methyl sites for hydroxylation is 1. The Bertz CT molecular complexity index is 1100. The Morgan fingerprint density at radius 2 is 1.92 bits per heavy atom. The van der Waals surface area contributed by atoms with Crippen molar-refractivity contribution < 1.29 is 0 Å². The van der Waals surface area contributed by atoms with Gasteiger partial charge in [-0.05, 0) is 36.6 Å². The van der Waals surface area contributed by atoms with E-state index in [1.165, 1.54) is 24.1 Å². The summed E-state index contributed by atoms with van der Waals surface area (Å²) in [5, 5.41) is 0.760. The van der Waals surface area contributed by atoms with Gasteiger partial charge in [0, 0.05) is 30.8 Å². The average Bonchev–Trinajstić information content (AvgIpc) is 3.31. The molecule has 0 aliphatic heterocycles. The van der Waals surface area contributed by atoms with Crippen LogP contribution in [0, 0.1) is 0 Å². The Morgan fingerprint density at radius 1 is 1.08 bits per heavy atom. The maximum absolute atomic E-state index is 6.44. The van der Waals surface area contributed by atoms with E-state index in [1.807, 2.05) is 37.9 Å². The highest BCUT2D eigenvalue weighted by molar-refractivity contribution is 6.33. The number of imidazole rings is 2. The number of fused-ring (bicyclic) bond motifs is 1. The monoisotopic (exact) mass is 362 g/mol. The number of aromatic nitrogens is 4. The van der Waals surface area contributed by atoms with Crippen molar-refractivity contribution in [3.05, 3.63) is 71.4 Å². The molecule has 1 fully saturated rings. The fourth-order valence-corrected chi connectivity index (χ4v) is 3.86. The Balaban J connectivity index is 1.56. The molecular formula is C21H19ClN4. The van der Waals surface area contributed by atoms with Crippen LogP contribution in [0.5, 0.6) is 0 Å². The molecular weight excluding hydrogens is 344 g/mol. The molecule has 0 radical (unpaired) electrons. The van der Waals surface area contributed by atoms with Crippen LogP contribution in [0.1, 0.15) is 30.0 Å². The first-order valence-corrected chi connectivity index (χ1v) is 9.28. The van der Waals surface area contributed by atoms with Crippen molar-refractivity contribution in [2.45, 2.75) is 25.3 Å². The molecule has 0 saturated heterocycles. The molecule has 2 aromatic carbocycles. The van der Waals surface area contributed by atoms with Crippen LogP contribution in [-0.4, -0.2) is 19.1 Å². The molecule has 1 saturated carbocycles. The summed E-state index contributed by atoms with van der Waals surface area (Å²) in [6.45, 7) is 0.810. The minimum atomic E-state index is 0.587. The topological polar surface area (TPSA) is 35.6 Å². The predicted molar refractivity (Wildman–Crippen MR) is 104 cm³/mol. The van der Waals surface area contributed by atoms with Gasteiger partial charge in [-0.3, -0.25) is 0 Å². The van der Waals surface area contributed by atoms with Crippen LogP contribution < -0.4 is 0 Å². The number of rotatable bonds is 4. The maximum atomic E-state index is 6.44. The molecule has 0 amide bonds. The van der Waals surface area contributed by atoms with E-state index in [0.29, 0.717) is 5.92 Å².